The highest BCUT2D eigenvalue weighted by atomic mass is 19.1. The van der Waals surface area contributed by atoms with E-state index in [-0.39, 0.29) is 11.7 Å². The maximum absolute atomic E-state index is 14.7. The first kappa shape index (κ1) is 26.6. The van der Waals surface area contributed by atoms with E-state index >= 15 is 0 Å². The maximum atomic E-state index is 14.7. The standard InChI is InChI=1S/C29H30FN7O4/c1-27(2,3)41-26(39)35-29-12-28(13-29,14-29)25(38)34-24-20(40-5)10-19-23(33-24)22(32-15-31-19)17-11-37(4)36-21(17)16-8-6-7-9-18(16)30/h6-11,15H,12-14H2,1-5H3,(H,35,39)(H,33,34,38). The largest absolute Gasteiger partial charge is 0.493 e. The van der Waals surface area contributed by atoms with Crippen molar-refractivity contribution < 1.29 is 23.5 Å². The van der Waals surface area contributed by atoms with E-state index in [1.54, 1.807) is 63.0 Å². The molecule has 2 bridgehead atoms. The zero-order valence-electron chi connectivity index (χ0n) is 23.4. The van der Waals surface area contributed by atoms with Crippen LogP contribution in [0.2, 0.25) is 0 Å². The molecule has 0 aliphatic heterocycles. The molecule has 12 heteroatoms. The van der Waals surface area contributed by atoms with Crippen molar-refractivity contribution in [2.75, 3.05) is 12.4 Å². The number of alkyl carbamates (subject to hydrolysis) is 1. The summed E-state index contributed by atoms with van der Waals surface area (Å²) in [5.74, 6) is -0.0614. The predicted molar refractivity (Wildman–Crippen MR) is 148 cm³/mol. The molecule has 4 aromatic rings. The van der Waals surface area contributed by atoms with Gasteiger partial charge in [0.25, 0.3) is 0 Å². The van der Waals surface area contributed by atoms with Crippen LogP contribution in [0.1, 0.15) is 40.0 Å². The fraction of sp³-hybridized carbons (Fsp3) is 0.379. The Morgan fingerprint density at radius 1 is 1.07 bits per heavy atom. The molecule has 0 saturated heterocycles. The quantitative estimate of drug-likeness (QED) is 0.350. The summed E-state index contributed by atoms with van der Waals surface area (Å²) in [7, 11) is 3.23. The summed E-state index contributed by atoms with van der Waals surface area (Å²) in [6.07, 6.45) is 4.19. The van der Waals surface area contributed by atoms with Gasteiger partial charge < -0.3 is 20.1 Å². The summed E-state index contributed by atoms with van der Waals surface area (Å²) in [6.45, 7) is 5.41. The molecule has 0 radical (unpaired) electrons. The monoisotopic (exact) mass is 559 g/mol. The molecule has 3 aromatic heterocycles. The molecule has 0 unspecified atom stereocenters. The SMILES string of the molecule is COc1cc2ncnc(-c3cn(C)nc3-c3ccccc3F)c2nc1NC(=O)C12CC(NC(=O)OC(C)(C)C)(C1)C2. The smallest absolute Gasteiger partial charge is 0.408 e. The third-order valence-electron chi connectivity index (χ3n) is 7.52. The Balaban J connectivity index is 1.29. The number of fused-ring (bicyclic) bond motifs is 1. The van der Waals surface area contributed by atoms with Gasteiger partial charge in [-0.05, 0) is 52.2 Å². The first-order valence-corrected chi connectivity index (χ1v) is 13.2. The average Bonchev–Trinajstić information content (AvgIpc) is 3.24. The predicted octanol–water partition coefficient (Wildman–Crippen LogP) is 4.63. The highest BCUT2D eigenvalue weighted by Gasteiger charge is 2.72. The lowest BCUT2D eigenvalue weighted by molar-refractivity contribution is -0.174. The topological polar surface area (TPSA) is 133 Å². The fourth-order valence-corrected chi connectivity index (χ4v) is 5.85. The summed E-state index contributed by atoms with van der Waals surface area (Å²) in [4.78, 5) is 39.2. The molecule has 3 fully saturated rings. The van der Waals surface area contributed by atoms with Crippen LogP contribution >= 0.6 is 0 Å². The van der Waals surface area contributed by atoms with E-state index in [1.165, 1.54) is 19.5 Å². The van der Waals surface area contributed by atoms with Gasteiger partial charge in [0.1, 0.15) is 34.7 Å². The molecule has 1 aromatic carbocycles. The number of ether oxygens (including phenoxy) is 2. The summed E-state index contributed by atoms with van der Waals surface area (Å²) in [5, 5.41) is 10.3. The maximum Gasteiger partial charge on any atom is 0.408 e. The van der Waals surface area contributed by atoms with Gasteiger partial charge in [-0.2, -0.15) is 5.10 Å². The molecule has 11 nitrogen and oxygen atoms in total. The summed E-state index contributed by atoms with van der Waals surface area (Å²) in [6, 6.07) is 8.06. The summed E-state index contributed by atoms with van der Waals surface area (Å²) >= 11 is 0. The second-order valence-corrected chi connectivity index (χ2v) is 11.8. The lowest BCUT2D eigenvalue weighted by atomic mass is 9.39. The molecule has 2 N–H and O–H groups in total. The van der Waals surface area contributed by atoms with E-state index in [2.05, 4.69) is 25.7 Å². The Morgan fingerprint density at radius 3 is 2.49 bits per heavy atom. The second-order valence-electron chi connectivity index (χ2n) is 11.8. The molecule has 41 heavy (non-hydrogen) atoms. The van der Waals surface area contributed by atoms with Gasteiger partial charge in [0.2, 0.25) is 5.91 Å². The zero-order valence-corrected chi connectivity index (χ0v) is 23.4. The van der Waals surface area contributed by atoms with Crippen molar-refractivity contribution in [3.63, 3.8) is 0 Å². The molecule has 7 rings (SSSR count). The molecule has 3 aliphatic rings. The molecule has 2 amide bonds. The zero-order chi connectivity index (χ0) is 29.2. The number of amides is 2. The van der Waals surface area contributed by atoms with Gasteiger partial charge in [-0.1, -0.05) is 12.1 Å². The van der Waals surface area contributed by atoms with E-state index < -0.39 is 28.5 Å². The lowest BCUT2D eigenvalue weighted by Gasteiger charge is -2.68. The number of carbonyl (C=O) groups is 2. The van der Waals surface area contributed by atoms with E-state index in [1.807, 2.05) is 0 Å². The van der Waals surface area contributed by atoms with E-state index in [4.69, 9.17) is 14.5 Å². The minimum Gasteiger partial charge on any atom is -0.493 e. The number of nitrogens with one attached hydrogen (secondary N) is 2. The average molecular weight is 560 g/mol. The Hall–Kier alpha value is -4.61. The first-order chi connectivity index (χ1) is 19.4. The van der Waals surface area contributed by atoms with Crippen LogP contribution in [0.25, 0.3) is 33.5 Å². The highest BCUT2D eigenvalue weighted by molar-refractivity contribution is 6.01. The van der Waals surface area contributed by atoms with Crippen molar-refractivity contribution in [1.29, 1.82) is 0 Å². The number of nitrogens with zero attached hydrogens (tertiary/aromatic N) is 5. The van der Waals surface area contributed by atoms with Crippen LogP contribution in [0.15, 0.2) is 42.9 Å². The number of benzene rings is 1. The second kappa shape index (κ2) is 9.22. The van der Waals surface area contributed by atoms with Gasteiger partial charge in [0.05, 0.1) is 18.0 Å². The third kappa shape index (κ3) is 4.62. The van der Waals surface area contributed by atoms with Crippen LogP contribution < -0.4 is 15.4 Å². The molecule has 0 spiro atoms. The van der Waals surface area contributed by atoms with E-state index in [0.717, 1.165) is 0 Å². The molecule has 3 heterocycles. The van der Waals surface area contributed by atoms with E-state index in [0.29, 0.717) is 58.6 Å². The number of hydrogen-bond acceptors (Lipinski definition) is 8. The number of aryl methyl sites for hydroxylation is 1. The third-order valence-corrected chi connectivity index (χ3v) is 7.52. The van der Waals surface area contributed by atoms with E-state index in [9.17, 15) is 14.0 Å². The summed E-state index contributed by atoms with van der Waals surface area (Å²) < 4.78 is 27.2. The minimum absolute atomic E-state index is 0.206. The molecule has 0 atom stereocenters. The van der Waals surface area contributed by atoms with Crippen LogP contribution in [0.3, 0.4) is 0 Å². The number of aromatic nitrogens is 5. The van der Waals surface area contributed by atoms with Gasteiger partial charge in [0.15, 0.2) is 11.6 Å². The van der Waals surface area contributed by atoms with Crippen molar-refractivity contribution >= 4 is 28.9 Å². The van der Waals surface area contributed by atoms with Crippen molar-refractivity contribution in [3.05, 3.63) is 48.7 Å². The van der Waals surface area contributed by atoms with Gasteiger partial charge in [0, 0.05) is 36.0 Å². The van der Waals surface area contributed by atoms with Gasteiger partial charge in [-0.25, -0.2) is 24.1 Å². The van der Waals surface area contributed by atoms with Crippen molar-refractivity contribution in [2.24, 2.45) is 12.5 Å². The first-order valence-electron chi connectivity index (χ1n) is 13.2. The van der Waals surface area contributed by atoms with Crippen LogP contribution in [0, 0.1) is 11.2 Å². The number of anilines is 1. The molecular formula is C29H30FN7O4. The van der Waals surface area contributed by atoms with Crippen molar-refractivity contribution in [3.8, 4) is 28.3 Å². The van der Waals surface area contributed by atoms with Crippen LogP contribution in [-0.4, -0.2) is 55.0 Å². The number of hydrogen-bond donors (Lipinski definition) is 2. The minimum atomic E-state index is -0.603. The fourth-order valence-electron chi connectivity index (χ4n) is 5.85. The number of rotatable bonds is 6. The summed E-state index contributed by atoms with van der Waals surface area (Å²) in [5.41, 5.74) is 0.989. The number of halogens is 1. The molecular weight excluding hydrogens is 529 g/mol. The van der Waals surface area contributed by atoms with Crippen molar-refractivity contribution in [1.82, 2.24) is 30.0 Å². The van der Waals surface area contributed by atoms with Gasteiger partial charge in [-0.15, -0.1) is 0 Å². The van der Waals surface area contributed by atoms with Crippen LogP contribution in [0.4, 0.5) is 15.0 Å². The Labute approximate surface area is 235 Å². The normalized spacial score (nSPS) is 21.0. The number of methoxy groups -OCH3 is 1. The Kier molecular flexibility index (Phi) is 5.98. The lowest BCUT2D eigenvalue weighted by Crippen LogP contribution is -2.77. The molecule has 3 aliphatic carbocycles. The Bertz CT molecular complexity index is 1690. The Morgan fingerprint density at radius 2 is 1.80 bits per heavy atom. The van der Waals surface area contributed by atoms with Crippen LogP contribution in [0.5, 0.6) is 5.75 Å². The van der Waals surface area contributed by atoms with Crippen LogP contribution in [-0.2, 0) is 16.6 Å². The van der Waals surface area contributed by atoms with Gasteiger partial charge >= 0.3 is 6.09 Å². The van der Waals surface area contributed by atoms with Crippen molar-refractivity contribution in [2.45, 2.75) is 51.2 Å². The highest BCUT2D eigenvalue weighted by Crippen LogP contribution is 2.67. The molecule has 3 saturated carbocycles. The number of pyridine rings is 1. The number of carbonyl (C=O) groups excluding carboxylic acids is 2. The molecule has 212 valence electrons. The van der Waals surface area contributed by atoms with Gasteiger partial charge in [-0.3, -0.25) is 9.48 Å².